The van der Waals surface area contributed by atoms with Gasteiger partial charge in [-0.1, -0.05) is 12.1 Å². The highest BCUT2D eigenvalue weighted by atomic mass is 16.4. The Hall–Kier alpha value is -3.13. The number of carbonyl (C=O) groups excluding carboxylic acids is 3. The van der Waals surface area contributed by atoms with Gasteiger partial charge >= 0.3 is 0 Å². The normalized spacial score (nSPS) is 41.7. The van der Waals surface area contributed by atoms with Crippen molar-refractivity contribution in [3.63, 3.8) is 0 Å². The summed E-state index contributed by atoms with van der Waals surface area (Å²) < 4.78 is 48.8. The van der Waals surface area contributed by atoms with E-state index < -0.39 is 106 Å². The monoisotopic (exact) mass is 377 g/mol. The molecule has 3 atom stereocenters. The fourth-order valence-electron chi connectivity index (χ4n) is 3.80. The average molecular weight is 377 g/mol. The van der Waals surface area contributed by atoms with Gasteiger partial charge in [0.1, 0.15) is 22.9 Å². The summed E-state index contributed by atoms with van der Waals surface area (Å²) in [5, 5.41) is 43.6. The molecule has 6 N–H and O–H groups in total. The Morgan fingerprint density at radius 1 is 1.33 bits per heavy atom. The number of nitrogens with two attached hydrogens (primary N) is 1. The predicted molar refractivity (Wildman–Crippen MR) is 91.2 cm³/mol. The third-order valence-electron chi connectivity index (χ3n) is 5.06. The van der Waals surface area contributed by atoms with Gasteiger partial charge in [0.15, 0.2) is 17.2 Å². The van der Waals surface area contributed by atoms with Gasteiger partial charge in [-0.3, -0.25) is 14.4 Å². The number of allylic oxidation sites excluding steroid dienone is 6. The van der Waals surface area contributed by atoms with E-state index in [2.05, 4.69) is 0 Å². The van der Waals surface area contributed by atoms with Gasteiger partial charge in [-0.15, -0.1) is 0 Å². The van der Waals surface area contributed by atoms with E-state index in [1.165, 1.54) is 0 Å². The SMILES string of the molecule is [2H]C1=C([2H])C([2H])=C2CC3([2H])CC4C([2H])([2H])C(=O)C(C(N)=O)=C(O)[C@@]4(O)C(O)=C3C(O)=C2C1=O. The number of carbonyl (C=O) groups is 3. The van der Waals surface area contributed by atoms with Crippen LogP contribution in [0.5, 0.6) is 0 Å². The van der Waals surface area contributed by atoms with Gasteiger partial charge in [-0.25, -0.2) is 0 Å². The summed E-state index contributed by atoms with van der Waals surface area (Å²) in [7, 11) is 0. The number of aliphatic hydroxyl groups excluding tert-OH is 3. The quantitative estimate of drug-likeness (QED) is 0.421. The molecule has 1 amide bonds. The molecule has 0 aromatic carbocycles. The van der Waals surface area contributed by atoms with Crippen molar-refractivity contribution in [3.05, 3.63) is 57.7 Å². The fraction of sp³-hybridized carbons (Fsp3) is 0.316. The zero-order valence-electron chi connectivity index (χ0n) is 19.6. The molecule has 0 spiro atoms. The van der Waals surface area contributed by atoms with Crippen molar-refractivity contribution in [2.45, 2.75) is 24.8 Å². The van der Waals surface area contributed by atoms with Gasteiger partial charge < -0.3 is 26.2 Å². The van der Waals surface area contributed by atoms with E-state index in [9.17, 15) is 34.8 Å². The van der Waals surface area contributed by atoms with Crippen LogP contribution in [0, 0.1) is 11.8 Å². The van der Waals surface area contributed by atoms with Crippen LogP contribution in [-0.4, -0.2) is 43.5 Å². The van der Waals surface area contributed by atoms with Crippen LogP contribution in [0.2, 0.25) is 0 Å². The van der Waals surface area contributed by atoms with Crippen LogP contribution in [-0.2, 0) is 14.4 Å². The van der Waals surface area contributed by atoms with Crippen molar-refractivity contribution >= 4 is 17.5 Å². The molecular formula is C19H17NO7. The highest BCUT2D eigenvalue weighted by molar-refractivity contribution is 6.20. The molecule has 0 bridgehead atoms. The molecule has 0 aliphatic heterocycles. The lowest BCUT2D eigenvalue weighted by molar-refractivity contribution is -0.128. The summed E-state index contributed by atoms with van der Waals surface area (Å²) >= 11 is 0. The van der Waals surface area contributed by atoms with Crippen LogP contribution in [0.15, 0.2) is 57.7 Å². The number of aliphatic hydroxyl groups is 4. The lowest BCUT2D eigenvalue weighted by Gasteiger charge is -2.46. The summed E-state index contributed by atoms with van der Waals surface area (Å²) in [4.78, 5) is 36.9. The molecule has 0 saturated heterocycles. The van der Waals surface area contributed by atoms with Gasteiger partial charge in [-0.05, 0) is 30.4 Å². The van der Waals surface area contributed by atoms with E-state index in [1.807, 2.05) is 0 Å². The number of rotatable bonds is 1. The minimum Gasteiger partial charge on any atom is -0.508 e. The van der Waals surface area contributed by atoms with Gasteiger partial charge in [0.05, 0.1) is 9.69 Å². The van der Waals surface area contributed by atoms with E-state index >= 15 is 0 Å². The Balaban J connectivity index is 2.11. The van der Waals surface area contributed by atoms with Gasteiger partial charge in [0, 0.05) is 22.0 Å². The van der Waals surface area contributed by atoms with Gasteiger partial charge in [0.2, 0.25) is 0 Å². The van der Waals surface area contributed by atoms with Crippen molar-refractivity contribution in [1.82, 2.24) is 0 Å². The van der Waals surface area contributed by atoms with Crippen molar-refractivity contribution in [2.24, 2.45) is 17.5 Å². The number of fused-ring (bicyclic) bond motifs is 3. The van der Waals surface area contributed by atoms with Crippen molar-refractivity contribution in [1.29, 1.82) is 0 Å². The second-order valence-electron chi connectivity index (χ2n) is 6.49. The van der Waals surface area contributed by atoms with Crippen molar-refractivity contribution in [3.8, 4) is 0 Å². The Kier molecular flexibility index (Phi) is 2.33. The largest absolute Gasteiger partial charge is 0.508 e. The van der Waals surface area contributed by atoms with Crippen LogP contribution in [0.25, 0.3) is 0 Å². The molecule has 4 rings (SSSR count). The molecule has 0 saturated carbocycles. The van der Waals surface area contributed by atoms with Gasteiger partial charge in [0.25, 0.3) is 5.91 Å². The molecular weight excluding hydrogens is 354 g/mol. The molecule has 4 aliphatic rings. The van der Waals surface area contributed by atoms with Crippen LogP contribution < -0.4 is 5.73 Å². The first-order valence-corrected chi connectivity index (χ1v) is 7.84. The fourth-order valence-corrected chi connectivity index (χ4v) is 3.80. The lowest BCUT2D eigenvalue weighted by atomic mass is 9.61. The number of Topliss-reactive ketones (excluding diaryl/α,β-unsaturated/α-hetero) is 1. The number of hydrogen-bond donors (Lipinski definition) is 5. The third-order valence-corrected chi connectivity index (χ3v) is 5.06. The number of hydrogen-bond acceptors (Lipinski definition) is 7. The van der Waals surface area contributed by atoms with Crippen LogP contribution in [0.3, 0.4) is 0 Å². The van der Waals surface area contributed by atoms with E-state index in [-0.39, 0.29) is 5.57 Å². The molecule has 0 aromatic heterocycles. The summed E-state index contributed by atoms with van der Waals surface area (Å²) in [6, 6.07) is -2.31. The van der Waals surface area contributed by atoms with Crippen molar-refractivity contribution in [2.75, 3.05) is 0 Å². The first-order chi connectivity index (χ1) is 15.0. The highest BCUT2D eigenvalue weighted by Gasteiger charge is 2.58. The Morgan fingerprint density at radius 2 is 2.04 bits per heavy atom. The summed E-state index contributed by atoms with van der Waals surface area (Å²) in [6.45, 7) is 0. The maximum Gasteiger partial charge on any atom is 0.255 e. The minimum atomic E-state index is -3.15. The number of ketones is 2. The highest BCUT2D eigenvalue weighted by Crippen LogP contribution is 2.54. The second kappa shape index (κ2) is 5.43. The Labute approximate surface area is 161 Å². The molecule has 4 aliphatic carbocycles. The average Bonchev–Trinajstić information content (AvgIpc) is 2.71. The van der Waals surface area contributed by atoms with Gasteiger partial charge in [-0.2, -0.15) is 0 Å². The number of amides is 1. The zero-order valence-corrected chi connectivity index (χ0v) is 13.6. The Morgan fingerprint density at radius 3 is 2.70 bits per heavy atom. The summed E-state index contributed by atoms with van der Waals surface area (Å²) in [6.07, 6.45) is -4.53. The molecule has 8 heteroatoms. The van der Waals surface area contributed by atoms with Crippen LogP contribution in [0.4, 0.5) is 0 Å². The smallest absolute Gasteiger partial charge is 0.255 e. The van der Waals surface area contributed by atoms with Crippen LogP contribution in [0.1, 0.15) is 27.4 Å². The molecule has 8 nitrogen and oxygen atoms in total. The molecule has 0 heterocycles. The third kappa shape index (κ3) is 2.10. The molecule has 0 fully saturated rings. The molecule has 0 aromatic rings. The molecule has 2 unspecified atom stereocenters. The zero-order chi connectivity index (χ0) is 25.0. The predicted octanol–water partition coefficient (Wildman–Crippen LogP) is 0.717. The second-order valence-corrected chi connectivity index (χ2v) is 6.49. The summed E-state index contributed by atoms with van der Waals surface area (Å²) in [5.74, 6) is -12.5. The molecule has 140 valence electrons. The Bertz CT molecular complexity index is 1260. The molecule has 27 heavy (non-hydrogen) atoms. The van der Waals surface area contributed by atoms with E-state index in [0.717, 1.165) is 0 Å². The topological polar surface area (TPSA) is 158 Å². The van der Waals surface area contributed by atoms with Crippen LogP contribution >= 0.6 is 0 Å². The van der Waals surface area contributed by atoms with E-state index in [0.29, 0.717) is 0 Å². The first kappa shape index (κ1) is 11.6. The van der Waals surface area contributed by atoms with E-state index in [4.69, 9.17) is 14.0 Å². The standard InChI is InChI=1S/C19H17NO7/c20-18(26)14-11(22)6-9-5-8-4-7-2-1-3-10(21)12(7)15(23)13(8)16(24)19(9,27)17(14)25/h1-3,8-9,23-25,27H,4-6H2,(H2,20,26)/t8?,9?,19-/m0/s1/i1D,2D,3D,6D2,8D. The van der Waals surface area contributed by atoms with E-state index in [1.54, 1.807) is 0 Å². The maximum atomic E-state index is 12.6. The lowest BCUT2D eigenvalue weighted by Crippen LogP contribution is -2.53. The molecule has 0 radical (unpaired) electrons. The summed E-state index contributed by atoms with van der Waals surface area (Å²) in [5.41, 5.74) is -1.14. The number of primary amides is 1. The maximum absolute atomic E-state index is 12.6. The first-order valence-electron chi connectivity index (χ1n) is 10.8. The minimum absolute atomic E-state index is 0.296. The van der Waals surface area contributed by atoms with Crippen molar-refractivity contribution < 1.29 is 43.0 Å².